The molecule has 0 saturated heterocycles. The predicted octanol–water partition coefficient (Wildman–Crippen LogP) is 2.46. The highest BCUT2D eigenvalue weighted by atomic mass is 32.2. The Hall–Kier alpha value is -1.60. The van der Waals surface area contributed by atoms with E-state index in [4.69, 9.17) is 4.74 Å². The normalized spacial score (nSPS) is 15.3. The Balaban J connectivity index is 2.32. The van der Waals surface area contributed by atoms with Gasteiger partial charge in [0, 0.05) is 19.0 Å². The molecule has 0 heterocycles. The molecule has 6 nitrogen and oxygen atoms in total. The SMILES string of the molecule is CCN(CC)S(=O)(=O)c1ccc(OC)c(NC(=O)C2CCC2)c1. The van der Waals surface area contributed by atoms with Crippen LogP contribution in [0, 0.1) is 5.92 Å². The minimum absolute atomic E-state index is 0.0164. The van der Waals surface area contributed by atoms with Crippen molar-refractivity contribution in [3.63, 3.8) is 0 Å². The molecule has 1 saturated carbocycles. The highest BCUT2D eigenvalue weighted by Crippen LogP contribution is 2.32. The van der Waals surface area contributed by atoms with Gasteiger partial charge in [-0.05, 0) is 31.0 Å². The molecule has 0 aliphatic heterocycles. The van der Waals surface area contributed by atoms with Crippen molar-refractivity contribution in [3.05, 3.63) is 18.2 Å². The third kappa shape index (κ3) is 3.67. The Morgan fingerprint density at radius 3 is 2.43 bits per heavy atom. The first kappa shape index (κ1) is 17.7. The molecule has 1 aromatic rings. The number of sulfonamides is 1. The van der Waals surface area contributed by atoms with E-state index in [0.717, 1.165) is 19.3 Å². The molecule has 1 aliphatic carbocycles. The molecule has 0 spiro atoms. The van der Waals surface area contributed by atoms with Crippen LogP contribution in [0.25, 0.3) is 0 Å². The number of carbonyl (C=O) groups excluding carboxylic acids is 1. The first-order valence-electron chi connectivity index (χ1n) is 7.93. The van der Waals surface area contributed by atoms with Gasteiger partial charge in [-0.1, -0.05) is 20.3 Å². The van der Waals surface area contributed by atoms with E-state index in [-0.39, 0.29) is 16.7 Å². The second-order valence-corrected chi connectivity index (χ2v) is 7.51. The zero-order valence-electron chi connectivity index (χ0n) is 13.8. The Kier molecular flexibility index (Phi) is 5.64. The summed E-state index contributed by atoms with van der Waals surface area (Å²) in [6.45, 7) is 4.39. The quantitative estimate of drug-likeness (QED) is 0.827. The number of nitrogens with one attached hydrogen (secondary N) is 1. The second kappa shape index (κ2) is 7.31. The molecule has 0 unspecified atom stereocenters. The lowest BCUT2D eigenvalue weighted by atomic mass is 9.85. The van der Waals surface area contributed by atoms with Crippen LogP contribution in [0.3, 0.4) is 0 Å². The van der Waals surface area contributed by atoms with Crippen LogP contribution in [0.5, 0.6) is 5.75 Å². The smallest absolute Gasteiger partial charge is 0.243 e. The summed E-state index contributed by atoms with van der Waals surface area (Å²) < 4.78 is 31.8. The van der Waals surface area contributed by atoms with E-state index in [1.165, 1.54) is 23.5 Å². The van der Waals surface area contributed by atoms with E-state index < -0.39 is 10.0 Å². The van der Waals surface area contributed by atoms with Crippen LogP contribution in [0.1, 0.15) is 33.1 Å². The standard InChI is InChI=1S/C16H24N2O4S/c1-4-18(5-2)23(20,21)13-9-10-15(22-3)14(11-13)17-16(19)12-7-6-8-12/h9-12H,4-8H2,1-3H3,(H,17,19). The fourth-order valence-corrected chi connectivity index (χ4v) is 4.05. The van der Waals surface area contributed by atoms with Gasteiger partial charge in [-0.2, -0.15) is 4.31 Å². The van der Waals surface area contributed by atoms with Crippen LogP contribution in [0.15, 0.2) is 23.1 Å². The zero-order valence-corrected chi connectivity index (χ0v) is 14.6. The van der Waals surface area contributed by atoms with E-state index in [0.29, 0.717) is 24.5 Å². The summed E-state index contributed by atoms with van der Waals surface area (Å²) in [7, 11) is -2.08. The van der Waals surface area contributed by atoms with Crippen LogP contribution in [0.2, 0.25) is 0 Å². The number of amides is 1. The molecule has 1 aliphatic rings. The molecular formula is C16H24N2O4S. The van der Waals surface area contributed by atoms with Crippen LogP contribution in [0.4, 0.5) is 5.69 Å². The van der Waals surface area contributed by atoms with Gasteiger partial charge in [-0.15, -0.1) is 0 Å². The summed E-state index contributed by atoms with van der Waals surface area (Å²) in [5, 5.41) is 2.80. The molecule has 23 heavy (non-hydrogen) atoms. The average Bonchev–Trinajstić information content (AvgIpc) is 2.46. The molecule has 128 valence electrons. The van der Waals surface area contributed by atoms with Gasteiger partial charge in [-0.25, -0.2) is 8.42 Å². The van der Waals surface area contributed by atoms with Gasteiger partial charge in [0.05, 0.1) is 17.7 Å². The van der Waals surface area contributed by atoms with Crippen LogP contribution in [-0.4, -0.2) is 38.8 Å². The highest BCUT2D eigenvalue weighted by Gasteiger charge is 2.27. The molecule has 1 aromatic carbocycles. The van der Waals surface area contributed by atoms with Crippen molar-refractivity contribution in [1.29, 1.82) is 0 Å². The molecule has 0 radical (unpaired) electrons. The summed E-state index contributed by atoms with van der Waals surface area (Å²) in [4.78, 5) is 12.3. The molecule has 1 N–H and O–H groups in total. The first-order chi connectivity index (χ1) is 10.9. The van der Waals surface area contributed by atoms with Crippen LogP contribution < -0.4 is 10.1 Å². The van der Waals surface area contributed by atoms with Gasteiger partial charge in [-0.3, -0.25) is 4.79 Å². The monoisotopic (exact) mass is 340 g/mol. The minimum atomic E-state index is -3.57. The summed E-state index contributed by atoms with van der Waals surface area (Å²) in [6.07, 6.45) is 2.82. The van der Waals surface area contributed by atoms with Crippen molar-refractivity contribution >= 4 is 21.6 Å². The maximum Gasteiger partial charge on any atom is 0.243 e. The Morgan fingerprint density at radius 1 is 1.30 bits per heavy atom. The second-order valence-electron chi connectivity index (χ2n) is 5.57. The number of nitrogens with zero attached hydrogens (tertiary/aromatic N) is 1. The Labute approximate surface area is 137 Å². The van der Waals surface area contributed by atoms with E-state index >= 15 is 0 Å². The summed E-state index contributed by atoms with van der Waals surface area (Å²) >= 11 is 0. The topological polar surface area (TPSA) is 75.7 Å². The summed E-state index contributed by atoms with van der Waals surface area (Å²) in [6, 6.07) is 4.56. The molecule has 2 rings (SSSR count). The number of rotatable bonds is 7. The fourth-order valence-electron chi connectivity index (χ4n) is 2.56. The predicted molar refractivity (Wildman–Crippen MR) is 89.1 cm³/mol. The largest absolute Gasteiger partial charge is 0.495 e. The number of carbonyl (C=O) groups is 1. The number of benzene rings is 1. The molecule has 0 atom stereocenters. The lowest BCUT2D eigenvalue weighted by molar-refractivity contribution is -0.122. The lowest BCUT2D eigenvalue weighted by Gasteiger charge is -2.25. The fraction of sp³-hybridized carbons (Fsp3) is 0.562. The molecule has 0 aromatic heterocycles. The molecule has 0 bridgehead atoms. The number of hydrogen-bond donors (Lipinski definition) is 1. The van der Waals surface area contributed by atoms with Crippen molar-refractivity contribution in [3.8, 4) is 5.75 Å². The number of hydrogen-bond acceptors (Lipinski definition) is 4. The van der Waals surface area contributed by atoms with Gasteiger partial charge in [0.25, 0.3) is 0 Å². The average molecular weight is 340 g/mol. The number of methoxy groups -OCH3 is 1. The third-order valence-corrected chi connectivity index (χ3v) is 6.29. The molecule has 1 fully saturated rings. The van der Waals surface area contributed by atoms with Crippen molar-refractivity contribution in [2.75, 3.05) is 25.5 Å². The molecule has 7 heteroatoms. The maximum atomic E-state index is 12.6. The maximum absolute atomic E-state index is 12.6. The zero-order chi connectivity index (χ0) is 17.0. The van der Waals surface area contributed by atoms with Crippen molar-refractivity contribution in [2.24, 2.45) is 5.92 Å². The first-order valence-corrected chi connectivity index (χ1v) is 9.37. The molecular weight excluding hydrogens is 316 g/mol. The van der Waals surface area contributed by atoms with E-state index in [9.17, 15) is 13.2 Å². The number of ether oxygens (including phenoxy) is 1. The lowest BCUT2D eigenvalue weighted by Crippen LogP contribution is -2.31. The summed E-state index contributed by atoms with van der Waals surface area (Å²) in [5.41, 5.74) is 0.401. The van der Waals surface area contributed by atoms with Gasteiger partial charge in [0.1, 0.15) is 5.75 Å². The highest BCUT2D eigenvalue weighted by molar-refractivity contribution is 7.89. The third-order valence-electron chi connectivity index (χ3n) is 4.25. The van der Waals surface area contributed by atoms with Crippen molar-refractivity contribution in [1.82, 2.24) is 4.31 Å². The summed E-state index contributed by atoms with van der Waals surface area (Å²) in [5.74, 6) is 0.394. The Bertz CT molecular complexity index is 665. The van der Waals surface area contributed by atoms with Crippen LogP contribution in [-0.2, 0) is 14.8 Å². The van der Waals surface area contributed by atoms with Gasteiger partial charge >= 0.3 is 0 Å². The van der Waals surface area contributed by atoms with E-state index in [2.05, 4.69) is 5.32 Å². The van der Waals surface area contributed by atoms with Gasteiger partial charge in [0.2, 0.25) is 15.9 Å². The Morgan fingerprint density at radius 2 is 1.96 bits per heavy atom. The van der Waals surface area contributed by atoms with Gasteiger partial charge < -0.3 is 10.1 Å². The minimum Gasteiger partial charge on any atom is -0.495 e. The van der Waals surface area contributed by atoms with E-state index in [1.807, 2.05) is 0 Å². The number of anilines is 1. The van der Waals surface area contributed by atoms with Crippen molar-refractivity contribution in [2.45, 2.75) is 38.0 Å². The van der Waals surface area contributed by atoms with Crippen LogP contribution >= 0.6 is 0 Å². The van der Waals surface area contributed by atoms with Crippen molar-refractivity contribution < 1.29 is 17.9 Å². The molecule has 1 amide bonds. The van der Waals surface area contributed by atoms with E-state index in [1.54, 1.807) is 19.9 Å². The van der Waals surface area contributed by atoms with Gasteiger partial charge in [0.15, 0.2) is 0 Å².